The van der Waals surface area contributed by atoms with Gasteiger partial charge in [0.2, 0.25) is 0 Å². The molecular formula is C14H15O2. The van der Waals surface area contributed by atoms with Crippen LogP contribution >= 0.6 is 0 Å². The molecule has 0 spiro atoms. The molecule has 2 heteroatoms. The summed E-state index contributed by atoms with van der Waals surface area (Å²) in [6.07, 6.45) is 0. The van der Waals surface area contributed by atoms with Crippen molar-refractivity contribution in [2.24, 2.45) is 0 Å². The van der Waals surface area contributed by atoms with Gasteiger partial charge >= 0.3 is 0 Å². The van der Waals surface area contributed by atoms with Crippen molar-refractivity contribution in [3.8, 4) is 5.75 Å². The molecule has 2 aromatic rings. The highest BCUT2D eigenvalue weighted by Gasteiger charge is 2.00. The number of rotatable bonds is 5. The predicted molar refractivity (Wildman–Crippen MR) is 64.8 cm³/mol. The molecule has 0 unspecified atom stereocenters. The van der Waals surface area contributed by atoms with Crippen molar-refractivity contribution in [3.63, 3.8) is 0 Å². The fraction of sp³-hybridized carbons (Fsp3) is 0.286. The molecular weight excluding hydrogens is 200 g/mol. The van der Waals surface area contributed by atoms with E-state index in [0.29, 0.717) is 13.2 Å². The minimum Gasteiger partial charge on any atom is -0.491 e. The van der Waals surface area contributed by atoms with Gasteiger partial charge in [-0.15, -0.1) is 0 Å². The third kappa shape index (κ3) is 2.52. The average Bonchev–Trinajstić information content (AvgIpc) is 2.35. The zero-order valence-electron chi connectivity index (χ0n) is 9.40. The molecule has 0 amide bonds. The topological polar surface area (TPSA) is 18.5 Å². The summed E-state index contributed by atoms with van der Waals surface area (Å²) in [6.45, 7) is 3.92. The Hall–Kier alpha value is -1.54. The summed E-state index contributed by atoms with van der Waals surface area (Å²) >= 11 is 0. The van der Waals surface area contributed by atoms with E-state index in [9.17, 15) is 0 Å². The first-order chi connectivity index (χ1) is 7.92. The molecule has 2 nitrogen and oxygen atoms in total. The Morgan fingerprint density at radius 3 is 2.88 bits per heavy atom. The third-order valence-corrected chi connectivity index (χ3v) is 2.36. The van der Waals surface area contributed by atoms with E-state index in [1.54, 1.807) is 0 Å². The van der Waals surface area contributed by atoms with Crippen LogP contribution in [0.25, 0.3) is 10.8 Å². The van der Waals surface area contributed by atoms with Gasteiger partial charge in [0, 0.05) is 12.0 Å². The smallest absolute Gasteiger partial charge is 0.127 e. The number of benzene rings is 2. The lowest BCUT2D eigenvalue weighted by Gasteiger charge is -2.08. The van der Waals surface area contributed by atoms with E-state index in [1.807, 2.05) is 43.3 Å². The summed E-state index contributed by atoms with van der Waals surface area (Å²) in [6, 6.07) is 15.1. The number of hydrogen-bond donors (Lipinski definition) is 0. The molecule has 0 fully saturated rings. The third-order valence-electron chi connectivity index (χ3n) is 2.36. The summed E-state index contributed by atoms with van der Waals surface area (Å²) in [5, 5.41) is 2.18. The van der Waals surface area contributed by atoms with Gasteiger partial charge in [0.15, 0.2) is 0 Å². The van der Waals surface area contributed by atoms with Crippen molar-refractivity contribution >= 4 is 10.8 Å². The van der Waals surface area contributed by atoms with E-state index < -0.39 is 0 Å². The normalized spacial score (nSPS) is 10.6. The monoisotopic (exact) mass is 215 g/mol. The zero-order valence-corrected chi connectivity index (χ0v) is 9.40. The Labute approximate surface area is 95.8 Å². The Kier molecular flexibility index (Phi) is 3.78. The van der Waals surface area contributed by atoms with E-state index in [-0.39, 0.29) is 0 Å². The highest BCUT2D eigenvalue weighted by Crippen LogP contribution is 2.24. The Bertz CT molecular complexity index is 446. The summed E-state index contributed by atoms with van der Waals surface area (Å²) in [4.78, 5) is 0. The van der Waals surface area contributed by atoms with Gasteiger partial charge in [0.25, 0.3) is 0 Å². The molecule has 1 radical (unpaired) electrons. The van der Waals surface area contributed by atoms with Crippen LogP contribution in [0.3, 0.4) is 0 Å². The maximum atomic E-state index is 5.68. The van der Waals surface area contributed by atoms with E-state index in [2.05, 4.69) is 6.07 Å². The largest absolute Gasteiger partial charge is 0.491 e. The minimum absolute atomic E-state index is 0.585. The molecule has 0 aliphatic heterocycles. The molecule has 0 heterocycles. The second kappa shape index (κ2) is 5.52. The summed E-state index contributed by atoms with van der Waals surface area (Å²) < 4.78 is 10.9. The maximum absolute atomic E-state index is 5.68. The SMILES string of the molecule is CCOCCOc1cc[c]c2ccccc12. The molecule has 0 aliphatic carbocycles. The van der Waals surface area contributed by atoms with Crippen molar-refractivity contribution in [2.75, 3.05) is 19.8 Å². The maximum Gasteiger partial charge on any atom is 0.127 e. The van der Waals surface area contributed by atoms with Gasteiger partial charge < -0.3 is 9.47 Å². The standard InChI is InChI=1S/C14H15O2/c1-2-15-10-11-16-14-9-5-7-12-6-3-4-8-13(12)14/h3-6,8-9H,2,10-11H2,1H3. The lowest BCUT2D eigenvalue weighted by molar-refractivity contribution is 0.111. The first-order valence-corrected chi connectivity index (χ1v) is 5.52. The van der Waals surface area contributed by atoms with Crippen LogP contribution in [0.1, 0.15) is 6.92 Å². The van der Waals surface area contributed by atoms with Crippen molar-refractivity contribution in [2.45, 2.75) is 6.92 Å². The van der Waals surface area contributed by atoms with Gasteiger partial charge in [-0.05, 0) is 24.4 Å². The molecule has 0 saturated carbocycles. The lowest BCUT2D eigenvalue weighted by Crippen LogP contribution is -2.06. The molecule has 2 rings (SSSR count). The van der Waals surface area contributed by atoms with Crippen LogP contribution < -0.4 is 4.74 Å². The minimum atomic E-state index is 0.585. The molecule has 2 aromatic carbocycles. The quantitative estimate of drug-likeness (QED) is 0.714. The van der Waals surface area contributed by atoms with Crippen LogP contribution in [0.4, 0.5) is 0 Å². The van der Waals surface area contributed by atoms with Crippen LogP contribution in [-0.4, -0.2) is 19.8 Å². The molecule has 0 bridgehead atoms. The van der Waals surface area contributed by atoms with Crippen molar-refractivity contribution in [1.82, 2.24) is 0 Å². The van der Waals surface area contributed by atoms with Crippen LogP contribution in [0.15, 0.2) is 36.4 Å². The first-order valence-electron chi connectivity index (χ1n) is 5.52. The molecule has 0 aromatic heterocycles. The highest BCUT2D eigenvalue weighted by atomic mass is 16.5. The average molecular weight is 215 g/mol. The van der Waals surface area contributed by atoms with Gasteiger partial charge in [-0.25, -0.2) is 0 Å². The fourth-order valence-corrected chi connectivity index (χ4v) is 1.60. The molecule has 0 aliphatic rings. The van der Waals surface area contributed by atoms with E-state index >= 15 is 0 Å². The summed E-state index contributed by atoms with van der Waals surface area (Å²) in [5.74, 6) is 0.897. The molecule has 0 atom stereocenters. The second-order valence-corrected chi connectivity index (χ2v) is 3.43. The van der Waals surface area contributed by atoms with Crippen LogP contribution in [0.5, 0.6) is 5.75 Å². The molecule has 0 N–H and O–H groups in total. The fourth-order valence-electron chi connectivity index (χ4n) is 1.60. The first kappa shape index (κ1) is 11.0. The number of fused-ring (bicyclic) bond motifs is 1. The van der Waals surface area contributed by atoms with Crippen molar-refractivity contribution < 1.29 is 9.47 Å². The van der Waals surface area contributed by atoms with Crippen molar-refractivity contribution in [1.29, 1.82) is 0 Å². The van der Waals surface area contributed by atoms with E-state index in [1.165, 1.54) is 0 Å². The van der Waals surface area contributed by atoms with Crippen LogP contribution in [0, 0.1) is 6.07 Å². The van der Waals surface area contributed by atoms with Gasteiger partial charge in [-0.1, -0.05) is 30.3 Å². The van der Waals surface area contributed by atoms with Gasteiger partial charge in [-0.3, -0.25) is 0 Å². The van der Waals surface area contributed by atoms with Gasteiger partial charge in [0.1, 0.15) is 12.4 Å². The molecule has 0 saturated heterocycles. The number of ether oxygens (including phenoxy) is 2. The predicted octanol–water partition coefficient (Wildman–Crippen LogP) is 3.06. The Morgan fingerprint density at radius 1 is 1.12 bits per heavy atom. The molecule has 83 valence electrons. The Morgan fingerprint density at radius 2 is 2.00 bits per heavy atom. The zero-order chi connectivity index (χ0) is 11.2. The highest BCUT2D eigenvalue weighted by molar-refractivity contribution is 5.87. The molecule has 16 heavy (non-hydrogen) atoms. The lowest BCUT2D eigenvalue weighted by atomic mass is 10.1. The van der Waals surface area contributed by atoms with E-state index in [4.69, 9.17) is 9.47 Å². The van der Waals surface area contributed by atoms with E-state index in [0.717, 1.165) is 23.1 Å². The van der Waals surface area contributed by atoms with Gasteiger partial charge in [0.05, 0.1) is 6.61 Å². The van der Waals surface area contributed by atoms with Gasteiger partial charge in [-0.2, -0.15) is 0 Å². The Balaban J connectivity index is 2.11. The second-order valence-electron chi connectivity index (χ2n) is 3.43. The van der Waals surface area contributed by atoms with Crippen molar-refractivity contribution in [3.05, 3.63) is 42.5 Å². The summed E-state index contributed by atoms with van der Waals surface area (Å²) in [5.41, 5.74) is 0. The summed E-state index contributed by atoms with van der Waals surface area (Å²) in [7, 11) is 0. The van der Waals surface area contributed by atoms with Crippen LogP contribution in [-0.2, 0) is 4.74 Å². The van der Waals surface area contributed by atoms with Crippen LogP contribution in [0.2, 0.25) is 0 Å². The number of hydrogen-bond acceptors (Lipinski definition) is 2.